The Kier molecular flexibility index (Phi) is 6.82. The van der Waals surface area contributed by atoms with Crippen LogP contribution in [0.2, 0.25) is 0 Å². The molecule has 54 heavy (non-hydrogen) atoms. The van der Waals surface area contributed by atoms with Crippen LogP contribution in [0.15, 0.2) is 194 Å². The van der Waals surface area contributed by atoms with Crippen molar-refractivity contribution in [3.05, 3.63) is 194 Å². The van der Waals surface area contributed by atoms with Crippen molar-refractivity contribution in [1.29, 1.82) is 0 Å². The highest BCUT2D eigenvalue weighted by Gasteiger charge is 2.18. The summed E-state index contributed by atoms with van der Waals surface area (Å²) in [5, 5.41) is 7.21. The minimum absolute atomic E-state index is 0.707. The van der Waals surface area contributed by atoms with Crippen LogP contribution in [0.5, 0.6) is 0 Å². The highest BCUT2D eigenvalue weighted by Crippen LogP contribution is 2.38. The zero-order valence-corrected chi connectivity index (χ0v) is 29.3. The van der Waals surface area contributed by atoms with Crippen LogP contribution in [0.3, 0.4) is 0 Å². The van der Waals surface area contributed by atoms with E-state index in [2.05, 4.69) is 197 Å². The maximum Gasteiger partial charge on any atom is 0.160 e. The molecule has 0 aliphatic rings. The molecule has 4 heteroatoms. The topological polar surface area (TPSA) is 35.6 Å². The molecule has 0 fully saturated rings. The molecule has 0 bridgehead atoms. The van der Waals surface area contributed by atoms with Gasteiger partial charge in [-0.05, 0) is 88.6 Å². The Balaban J connectivity index is 1.01. The van der Waals surface area contributed by atoms with Crippen molar-refractivity contribution in [1.82, 2.24) is 19.1 Å². The minimum Gasteiger partial charge on any atom is -0.316 e. The molecular formula is C50H32N4. The second-order valence-electron chi connectivity index (χ2n) is 13.9. The Morgan fingerprint density at radius 2 is 1.06 bits per heavy atom. The third-order valence-electron chi connectivity index (χ3n) is 10.8. The predicted octanol–water partition coefficient (Wildman–Crippen LogP) is 12.8. The molecule has 0 unspecified atom stereocenters. The van der Waals surface area contributed by atoms with Gasteiger partial charge in [-0.15, -0.1) is 0 Å². The van der Waals surface area contributed by atoms with Gasteiger partial charge < -0.3 is 9.13 Å². The Labute approximate surface area is 311 Å². The molecule has 3 aromatic heterocycles. The average molecular weight is 689 g/mol. The number of aromatic nitrogens is 4. The lowest BCUT2D eigenvalue weighted by Gasteiger charge is -2.12. The Hall–Kier alpha value is -7.30. The highest BCUT2D eigenvalue weighted by atomic mass is 15.0. The molecule has 0 radical (unpaired) electrons. The van der Waals surface area contributed by atoms with E-state index < -0.39 is 0 Å². The molecule has 11 rings (SSSR count). The van der Waals surface area contributed by atoms with E-state index in [1.54, 1.807) is 0 Å². The van der Waals surface area contributed by atoms with Crippen molar-refractivity contribution >= 4 is 54.4 Å². The average Bonchev–Trinajstić information content (AvgIpc) is 3.83. The smallest absolute Gasteiger partial charge is 0.160 e. The van der Waals surface area contributed by atoms with Crippen LogP contribution in [-0.4, -0.2) is 19.1 Å². The normalized spacial score (nSPS) is 11.7. The summed E-state index contributed by atoms with van der Waals surface area (Å²) < 4.78 is 4.67. The van der Waals surface area contributed by atoms with Gasteiger partial charge in [0.1, 0.15) is 0 Å². The summed E-state index contributed by atoms with van der Waals surface area (Å²) in [6.07, 6.45) is 2.18. The van der Waals surface area contributed by atoms with Gasteiger partial charge in [0.2, 0.25) is 0 Å². The maximum atomic E-state index is 5.23. The lowest BCUT2D eigenvalue weighted by atomic mass is 9.98. The van der Waals surface area contributed by atoms with Gasteiger partial charge >= 0.3 is 0 Å². The minimum atomic E-state index is 0.707. The fourth-order valence-corrected chi connectivity index (χ4v) is 8.13. The van der Waals surface area contributed by atoms with E-state index >= 15 is 0 Å². The monoisotopic (exact) mass is 688 g/mol. The van der Waals surface area contributed by atoms with Gasteiger partial charge in [0, 0.05) is 50.2 Å². The first-order valence-corrected chi connectivity index (χ1v) is 18.3. The molecule has 0 N–H and O–H groups in total. The van der Waals surface area contributed by atoms with E-state index in [-0.39, 0.29) is 0 Å². The molecule has 11 aromatic rings. The van der Waals surface area contributed by atoms with Crippen LogP contribution in [0.25, 0.3) is 99.5 Å². The van der Waals surface area contributed by atoms with Crippen LogP contribution in [0.1, 0.15) is 0 Å². The van der Waals surface area contributed by atoms with Gasteiger partial charge in [-0.1, -0.05) is 121 Å². The molecule has 8 aromatic carbocycles. The molecule has 4 nitrogen and oxygen atoms in total. The van der Waals surface area contributed by atoms with Gasteiger partial charge in [-0.25, -0.2) is 9.97 Å². The SMILES string of the molecule is c1ccc(-n2ccc3c2ccc2c4ccccc4n(-c4ccc(-c5nc(-c6ccc(-c7ccc8ccccc8c7)cc6)c6ccccc6n5)cc4)c23)cc1. The molecule has 0 spiro atoms. The molecule has 3 heterocycles. The fourth-order valence-electron chi connectivity index (χ4n) is 8.13. The first-order valence-electron chi connectivity index (χ1n) is 18.3. The predicted molar refractivity (Wildman–Crippen MR) is 225 cm³/mol. The van der Waals surface area contributed by atoms with Crippen molar-refractivity contribution in [2.24, 2.45) is 0 Å². The van der Waals surface area contributed by atoms with E-state index in [1.807, 2.05) is 6.07 Å². The molecule has 252 valence electrons. The number of benzene rings is 8. The second-order valence-corrected chi connectivity index (χ2v) is 13.9. The molecule has 0 amide bonds. The zero-order valence-electron chi connectivity index (χ0n) is 29.3. The summed E-state index contributed by atoms with van der Waals surface area (Å²) in [7, 11) is 0. The van der Waals surface area contributed by atoms with Gasteiger partial charge in [-0.3, -0.25) is 0 Å². The highest BCUT2D eigenvalue weighted by molar-refractivity contribution is 6.18. The van der Waals surface area contributed by atoms with Crippen molar-refractivity contribution in [2.45, 2.75) is 0 Å². The van der Waals surface area contributed by atoms with Crippen molar-refractivity contribution in [2.75, 3.05) is 0 Å². The summed E-state index contributed by atoms with van der Waals surface area (Å²) in [5.41, 5.74) is 12.1. The standard InChI is InChI=1S/C50H32N4/c1-2-12-39(13-3-1)53-31-30-44-46(53)29-28-42-41-14-7-9-17-47(41)54(49(42)44)40-26-24-36(25-27-40)50-51-45-16-8-6-15-43(45)48(52-50)35-21-18-34(19-22-35)38-23-20-33-10-4-5-11-37(33)32-38/h1-32H. The molecular weight excluding hydrogens is 657 g/mol. The number of fused-ring (bicyclic) bond motifs is 7. The van der Waals surface area contributed by atoms with Gasteiger partial charge in [0.25, 0.3) is 0 Å². The summed E-state index contributed by atoms with van der Waals surface area (Å²) in [5.74, 6) is 0.707. The molecule has 0 atom stereocenters. The molecule has 0 saturated heterocycles. The van der Waals surface area contributed by atoms with Gasteiger partial charge in [0.05, 0.1) is 27.8 Å². The van der Waals surface area contributed by atoms with E-state index in [9.17, 15) is 0 Å². The third-order valence-corrected chi connectivity index (χ3v) is 10.8. The summed E-state index contributed by atoms with van der Waals surface area (Å²) >= 11 is 0. The van der Waals surface area contributed by atoms with Crippen LogP contribution >= 0.6 is 0 Å². The zero-order chi connectivity index (χ0) is 35.6. The van der Waals surface area contributed by atoms with Crippen molar-refractivity contribution in [3.63, 3.8) is 0 Å². The lowest BCUT2D eigenvalue weighted by molar-refractivity contribution is 1.13. The van der Waals surface area contributed by atoms with Gasteiger partial charge in [0.15, 0.2) is 5.82 Å². The van der Waals surface area contributed by atoms with E-state index in [0.29, 0.717) is 5.82 Å². The van der Waals surface area contributed by atoms with Crippen LogP contribution in [0.4, 0.5) is 0 Å². The maximum absolute atomic E-state index is 5.23. The summed E-state index contributed by atoms with van der Waals surface area (Å²) in [6.45, 7) is 0. The number of para-hydroxylation sites is 3. The first-order chi connectivity index (χ1) is 26.8. The third kappa shape index (κ3) is 4.85. The quantitative estimate of drug-likeness (QED) is 0.180. The van der Waals surface area contributed by atoms with Crippen LogP contribution < -0.4 is 0 Å². The van der Waals surface area contributed by atoms with Crippen molar-refractivity contribution < 1.29 is 0 Å². The Morgan fingerprint density at radius 3 is 1.91 bits per heavy atom. The molecule has 0 aliphatic heterocycles. The van der Waals surface area contributed by atoms with Gasteiger partial charge in [-0.2, -0.15) is 0 Å². The lowest BCUT2D eigenvalue weighted by Crippen LogP contribution is -1.97. The number of nitrogens with zero attached hydrogens (tertiary/aromatic N) is 4. The number of hydrogen-bond acceptors (Lipinski definition) is 2. The molecule has 0 aliphatic carbocycles. The fraction of sp³-hybridized carbons (Fsp3) is 0. The van der Waals surface area contributed by atoms with E-state index in [4.69, 9.17) is 9.97 Å². The second kappa shape index (κ2) is 12.1. The summed E-state index contributed by atoms with van der Waals surface area (Å²) in [6, 6.07) is 66.9. The van der Waals surface area contributed by atoms with Crippen LogP contribution in [0, 0.1) is 0 Å². The Bertz CT molecular complexity index is 3190. The molecule has 0 saturated carbocycles. The Morgan fingerprint density at radius 1 is 0.370 bits per heavy atom. The first kappa shape index (κ1) is 30.3. The summed E-state index contributed by atoms with van der Waals surface area (Å²) in [4.78, 5) is 10.3. The largest absolute Gasteiger partial charge is 0.316 e. The van der Waals surface area contributed by atoms with Crippen LogP contribution in [-0.2, 0) is 0 Å². The van der Waals surface area contributed by atoms with E-state index in [0.717, 1.165) is 39.1 Å². The number of hydrogen-bond donors (Lipinski definition) is 0. The van der Waals surface area contributed by atoms with Crippen molar-refractivity contribution in [3.8, 4) is 45.1 Å². The van der Waals surface area contributed by atoms with E-state index in [1.165, 1.54) is 54.6 Å². The number of rotatable bonds is 5.